The smallest absolute Gasteiger partial charge is 0.261 e. The molecule has 0 atom stereocenters. The van der Waals surface area contributed by atoms with Crippen molar-refractivity contribution < 1.29 is 17.6 Å². The predicted octanol–water partition coefficient (Wildman–Crippen LogP) is 5.79. The fourth-order valence-corrected chi connectivity index (χ4v) is 6.63. The number of hydrogen-bond donors (Lipinski definition) is 2. The van der Waals surface area contributed by atoms with Crippen LogP contribution in [-0.2, 0) is 29.5 Å². The van der Waals surface area contributed by atoms with Crippen molar-refractivity contribution in [3.8, 4) is 6.07 Å². The summed E-state index contributed by atoms with van der Waals surface area (Å²) >= 11 is 1.42. The zero-order valence-corrected chi connectivity index (χ0v) is 23.0. The molecular weight excluding hydrogens is 559 g/mol. The SMILES string of the molecule is Cl.N#Cc1c(NC(=O)c2ccc(NS(=O)(=O)c3ccc(F)cc3)cc2)sc2c1CCN(Cc1ccccc1)C2. The Kier molecular flexibility index (Phi) is 8.67. The summed E-state index contributed by atoms with van der Waals surface area (Å²) in [6, 6.07) is 22.9. The second kappa shape index (κ2) is 12.0. The van der Waals surface area contributed by atoms with Crippen LogP contribution < -0.4 is 10.0 Å². The van der Waals surface area contributed by atoms with Crippen molar-refractivity contribution in [3.05, 3.63) is 112 Å². The predicted molar refractivity (Wildman–Crippen MR) is 152 cm³/mol. The Morgan fingerprint density at radius 1 is 1.03 bits per heavy atom. The van der Waals surface area contributed by atoms with Crippen LogP contribution in [0.1, 0.15) is 31.9 Å². The molecule has 200 valence electrons. The maximum Gasteiger partial charge on any atom is 0.261 e. The summed E-state index contributed by atoms with van der Waals surface area (Å²) < 4.78 is 40.6. The summed E-state index contributed by atoms with van der Waals surface area (Å²) in [6.07, 6.45) is 0.736. The molecule has 1 aliphatic heterocycles. The van der Waals surface area contributed by atoms with Crippen LogP contribution >= 0.6 is 23.7 Å². The van der Waals surface area contributed by atoms with Gasteiger partial charge in [0.15, 0.2) is 0 Å². The van der Waals surface area contributed by atoms with E-state index in [2.05, 4.69) is 33.1 Å². The second-order valence-electron chi connectivity index (χ2n) is 8.86. The fraction of sp³-hybridized carbons (Fsp3) is 0.143. The monoisotopic (exact) mass is 582 g/mol. The van der Waals surface area contributed by atoms with E-state index in [9.17, 15) is 22.9 Å². The Morgan fingerprint density at radius 3 is 2.38 bits per heavy atom. The van der Waals surface area contributed by atoms with Crippen molar-refractivity contribution in [2.75, 3.05) is 16.6 Å². The molecule has 0 radical (unpaired) electrons. The van der Waals surface area contributed by atoms with Crippen LogP contribution in [0.5, 0.6) is 0 Å². The van der Waals surface area contributed by atoms with Gasteiger partial charge in [0.2, 0.25) is 0 Å². The van der Waals surface area contributed by atoms with E-state index in [1.54, 1.807) is 0 Å². The highest BCUT2D eigenvalue weighted by Crippen LogP contribution is 2.37. The number of rotatable bonds is 7. The van der Waals surface area contributed by atoms with Crippen LogP contribution in [0.2, 0.25) is 0 Å². The molecule has 1 aromatic heterocycles. The van der Waals surface area contributed by atoms with Gasteiger partial charge in [0.1, 0.15) is 16.9 Å². The molecule has 11 heteroatoms. The number of fused-ring (bicyclic) bond motifs is 1. The lowest BCUT2D eigenvalue weighted by Crippen LogP contribution is -2.29. The molecule has 39 heavy (non-hydrogen) atoms. The van der Waals surface area contributed by atoms with Gasteiger partial charge in [0.25, 0.3) is 15.9 Å². The number of anilines is 2. The van der Waals surface area contributed by atoms with Gasteiger partial charge in [-0.25, -0.2) is 12.8 Å². The molecule has 4 aromatic rings. The largest absolute Gasteiger partial charge is 0.312 e. The normalized spacial score (nSPS) is 13.0. The minimum Gasteiger partial charge on any atom is -0.312 e. The van der Waals surface area contributed by atoms with Crippen LogP contribution in [0.4, 0.5) is 15.1 Å². The highest BCUT2D eigenvalue weighted by molar-refractivity contribution is 7.92. The van der Waals surface area contributed by atoms with Gasteiger partial charge in [-0.3, -0.25) is 14.4 Å². The first-order valence-corrected chi connectivity index (χ1v) is 14.1. The topological polar surface area (TPSA) is 102 Å². The summed E-state index contributed by atoms with van der Waals surface area (Å²) in [7, 11) is -3.90. The number of carbonyl (C=O) groups excluding carboxylic acids is 1. The lowest BCUT2D eigenvalue weighted by Gasteiger charge is -2.26. The number of sulfonamides is 1. The fourth-order valence-electron chi connectivity index (χ4n) is 4.33. The maximum atomic E-state index is 13.1. The van der Waals surface area contributed by atoms with Crippen molar-refractivity contribution in [3.63, 3.8) is 0 Å². The highest BCUT2D eigenvalue weighted by Gasteiger charge is 2.25. The number of nitriles is 1. The van der Waals surface area contributed by atoms with Crippen LogP contribution in [0.15, 0.2) is 83.8 Å². The molecule has 2 N–H and O–H groups in total. The Morgan fingerprint density at radius 2 is 1.72 bits per heavy atom. The quantitative estimate of drug-likeness (QED) is 0.287. The molecule has 0 aliphatic carbocycles. The average Bonchev–Trinajstić information content (AvgIpc) is 3.25. The van der Waals surface area contributed by atoms with Crippen molar-refractivity contribution in [2.24, 2.45) is 0 Å². The van der Waals surface area contributed by atoms with Crippen LogP contribution in [-0.4, -0.2) is 25.8 Å². The van der Waals surface area contributed by atoms with E-state index in [1.165, 1.54) is 53.3 Å². The molecule has 5 rings (SSSR count). The lowest BCUT2D eigenvalue weighted by atomic mass is 10.0. The highest BCUT2D eigenvalue weighted by atomic mass is 35.5. The molecule has 0 saturated heterocycles. The van der Waals surface area contributed by atoms with E-state index in [-0.39, 0.29) is 23.0 Å². The summed E-state index contributed by atoms with van der Waals surface area (Å²) in [6.45, 7) is 2.36. The summed E-state index contributed by atoms with van der Waals surface area (Å²) in [4.78, 5) is 16.3. The Bertz CT molecular complexity index is 1620. The van der Waals surface area contributed by atoms with Gasteiger partial charge in [0.05, 0.1) is 10.5 Å². The molecule has 2 heterocycles. The third-order valence-electron chi connectivity index (χ3n) is 6.25. The first-order valence-electron chi connectivity index (χ1n) is 11.8. The number of amides is 1. The number of carbonyl (C=O) groups is 1. The molecule has 1 amide bonds. The van der Waals surface area contributed by atoms with E-state index in [1.807, 2.05) is 18.2 Å². The molecule has 0 unspecified atom stereocenters. The van der Waals surface area contributed by atoms with Crippen molar-refractivity contribution >= 4 is 50.4 Å². The zero-order chi connectivity index (χ0) is 26.7. The summed E-state index contributed by atoms with van der Waals surface area (Å²) in [5, 5.41) is 13.2. The van der Waals surface area contributed by atoms with Crippen LogP contribution in [0.25, 0.3) is 0 Å². The van der Waals surface area contributed by atoms with Gasteiger partial charge in [-0.1, -0.05) is 30.3 Å². The first kappa shape index (κ1) is 28.3. The van der Waals surface area contributed by atoms with Crippen LogP contribution in [0.3, 0.4) is 0 Å². The lowest BCUT2D eigenvalue weighted by molar-refractivity contribution is 0.102. The maximum absolute atomic E-state index is 13.1. The van der Waals surface area contributed by atoms with Crippen molar-refractivity contribution in [1.29, 1.82) is 5.26 Å². The number of benzene rings is 3. The molecule has 0 fully saturated rings. The molecule has 7 nitrogen and oxygen atoms in total. The van der Waals surface area contributed by atoms with Crippen molar-refractivity contribution in [1.82, 2.24) is 4.90 Å². The van der Waals surface area contributed by atoms with Gasteiger partial charge in [-0.2, -0.15) is 5.26 Å². The standard InChI is InChI=1S/C28H23FN4O3S2.ClH/c29-21-8-12-23(13-9-21)38(35,36)32-22-10-6-20(7-11-22)27(34)31-28-25(16-30)24-14-15-33(18-26(24)37-28)17-19-4-2-1-3-5-19;/h1-13,32H,14-15,17-18H2,(H,31,34);1H. The second-order valence-corrected chi connectivity index (χ2v) is 11.6. The van der Waals surface area contributed by atoms with Crippen LogP contribution in [0, 0.1) is 17.1 Å². The number of nitrogens with zero attached hydrogens (tertiary/aromatic N) is 2. The Balaban J connectivity index is 0.00000353. The summed E-state index contributed by atoms with van der Waals surface area (Å²) in [5.41, 5.74) is 3.29. The van der Waals surface area contributed by atoms with E-state index in [0.717, 1.165) is 42.1 Å². The minimum absolute atomic E-state index is 0. The van der Waals surface area contributed by atoms with Gasteiger partial charge >= 0.3 is 0 Å². The zero-order valence-electron chi connectivity index (χ0n) is 20.6. The molecule has 0 spiro atoms. The number of nitrogens with one attached hydrogen (secondary N) is 2. The minimum atomic E-state index is -3.90. The van der Waals surface area contributed by atoms with E-state index < -0.39 is 21.7 Å². The third kappa shape index (κ3) is 6.46. The van der Waals surface area contributed by atoms with E-state index in [4.69, 9.17) is 0 Å². The molecule has 0 bridgehead atoms. The molecule has 0 saturated carbocycles. The molecule has 1 aliphatic rings. The number of halogens is 2. The van der Waals surface area contributed by atoms with Gasteiger partial charge in [-0.05, 0) is 66.1 Å². The van der Waals surface area contributed by atoms with Gasteiger partial charge in [0, 0.05) is 35.8 Å². The Hall–Kier alpha value is -3.75. The summed E-state index contributed by atoms with van der Waals surface area (Å²) in [5.74, 6) is -0.927. The third-order valence-corrected chi connectivity index (χ3v) is 8.78. The van der Waals surface area contributed by atoms with Gasteiger partial charge in [-0.15, -0.1) is 23.7 Å². The van der Waals surface area contributed by atoms with E-state index >= 15 is 0 Å². The molecule has 3 aromatic carbocycles. The Labute approximate surface area is 236 Å². The number of hydrogen-bond acceptors (Lipinski definition) is 6. The van der Waals surface area contributed by atoms with Gasteiger partial charge < -0.3 is 5.32 Å². The molecular formula is C28H24ClFN4O3S2. The first-order chi connectivity index (χ1) is 18.3. The van der Waals surface area contributed by atoms with Crippen molar-refractivity contribution in [2.45, 2.75) is 24.4 Å². The average molecular weight is 583 g/mol. The van der Waals surface area contributed by atoms with E-state index in [0.29, 0.717) is 22.7 Å². The number of thiophene rings is 1.